The lowest BCUT2D eigenvalue weighted by atomic mass is 10.2. The largest absolute Gasteiger partial charge is 0.492 e. The van der Waals surface area contributed by atoms with Gasteiger partial charge in [-0.15, -0.1) is 0 Å². The first-order valence-electron chi connectivity index (χ1n) is 8.89. The second-order valence-electron chi connectivity index (χ2n) is 6.43. The van der Waals surface area contributed by atoms with E-state index in [1.165, 1.54) is 5.56 Å². The molecule has 27 heavy (non-hydrogen) atoms. The molecule has 0 aliphatic carbocycles. The molecule has 3 rings (SSSR count). The van der Waals surface area contributed by atoms with Crippen LogP contribution in [0.3, 0.4) is 0 Å². The summed E-state index contributed by atoms with van der Waals surface area (Å²) in [6.07, 6.45) is 0. The van der Waals surface area contributed by atoms with E-state index in [1.54, 1.807) is 0 Å². The van der Waals surface area contributed by atoms with Crippen LogP contribution in [0.1, 0.15) is 17.0 Å². The summed E-state index contributed by atoms with van der Waals surface area (Å²) in [6, 6.07) is 17.1. The van der Waals surface area contributed by atoms with Gasteiger partial charge in [0.1, 0.15) is 12.4 Å². The minimum atomic E-state index is -0.270. The van der Waals surface area contributed by atoms with Crippen LogP contribution in [0.5, 0.6) is 5.75 Å². The Balaban J connectivity index is 1.50. The molecule has 3 aromatic rings. The number of benzene rings is 2. The van der Waals surface area contributed by atoms with Crippen LogP contribution in [-0.4, -0.2) is 29.0 Å². The lowest BCUT2D eigenvalue weighted by Crippen LogP contribution is -2.32. The van der Waals surface area contributed by atoms with E-state index in [0.717, 1.165) is 22.8 Å². The molecule has 0 bridgehead atoms. The molecule has 1 heterocycles. The molecule has 0 aliphatic heterocycles. The first-order chi connectivity index (χ1) is 13.0. The lowest BCUT2D eigenvalue weighted by Gasteiger charge is -2.11. The molecule has 0 unspecified atom stereocenters. The van der Waals surface area contributed by atoms with Crippen molar-refractivity contribution >= 4 is 11.7 Å². The Morgan fingerprint density at radius 3 is 2.56 bits per heavy atom. The molecule has 0 saturated heterocycles. The number of hydrogen-bond acceptors (Lipinski definition) is 3. The molecule has 0 saturated carbocycles. The van der Waals surface area contributed by atoms with E-state index in [0.29, 0.717) is 18.8 Å². The summed E-state index contributed by atoms with van der Waals surface area (Å²) in [5, 5.41) is 10.1. The number of anilines is 1. The molecule has 1 aromatic heterocycles. The number of aromatic nitrogens is 2. The van der Waals surface area contributed by atoms with Crippen molar-refractivity contribution in [3.63, 3.8) is 0 Å². The van der Waals surface area contributed by atoms with Gasteiger partial charge in [-0.05, 0) is 57.2 Å². The molecule has 0 spiro atoms. The monoisotopic (exact) mass is 364 g/mol. The fourth-order valence-electron chi connectivity index (χ4n) is 2.75. The minimum absolute atomic E-state index is 0.270. The number of carbonyl (C=O) groups is 1. The van der Waals surface area contributed by atoms with Crippen molar-refractivity contribution in [3.8, 4) is 11.4 Å². The molecule has 2 aromatic carbocycles. The maximum atomic E-state index is 12.1. The second-order valence-corrected chi connectivity index (χ2v) is 6.43. The normalized spacial score (nSPS) is 10.5. The smallest absolute Gasteiger partial charge is 0.319 e. The Morgan fingerprint density at radius 1 is 1.07 bits per heavy atom. The minimum Gasteiger partial charge on any atom is -0.492 e. The Kier molecular flexibility index (Phi) is 5.76. The summed E-state index contributed by atoms with van der Waals surface area (Å²) in [7, 11) is 0. The number of urea groups is 1. The number of ether oxygens (including phenoxy) is 1. The Hall–Kier alpha value is -3.28. The van der Waals surface area contributed by atoms with E-state index in [9.17, 15) is 4.79 Å². The zero-order valence-corrected chi connectivity index (χ0v) is 15.8. The van der Waals surface area contributed by atoms with Crippen LogP contribution in [0.25, 0.3) is 5.69 Å². The number of amides is 2. The van der Waals surface area contributed by atoms with Crippen LogP contribution in [-0.2, 0) is 0 Å². The molecule has 0 atom stereocenters. The van der Waals surface area contributed by atoms with Crippen LogP contribution < -0.4 is 15.4 Å². The molecule has 0 aliphatic rings. The first-order valence-corrected chi connectivity index (χ1v) is 8.89. The van der Waals surface area contributed by atoms with Gasteiger partial charge in [0.25, 0.3) is 0 Å². The van der Waals surface area contributed by atoms with Crippen molar-refractivity contribution in [1.82, 2.24) is 15.1 Å². The van der Waals surface area contributed by atoms with Crippen LogP contribution in [0.2, 0.25) is 0 Å². The molecule has 2 amide bonds. The van der Waals surface area contributed by atoms with E-state index in [-0.39, 0.29) is 6.03 Å². The number of aryl methyl sites for hydroxylation is 3. The van der Waals surface area contributed by atoms with Crippen molar-refractivity contribution in [1.29, 1.82) is 0 Å². The van der Waals surface area contributed by atoms with Gasteiger partial charge in [0, 0.05) is 11.4 Å². The summed E-state index contributed by atoms with van der Waals surface area (Å²) in [5.74, 6) is 0.792. The van der Waals surface area contributed by atoms with E-state index in [1.807, 2.05) is 80.1 Å². The number of nitrogens with one attached hydrogen (secondary N) is 2. The van der Waals surface area contributed by atoms with Gasteiger partial charge < -0.3 is 15.4 Å². The summed E-state index contributed by atoms with van der Waals surface area (Å²) in [4.78, 5) is 12.1. The predicted molar refractivity (Wildman–Crippen MR) is 107 cm³/mol. The number of carbonyl (C=O) groups excluding carboxylic acids is 1. The quantitative estimate of drug-likeness (QED) is 0.650. The SMILES string of the molecule is Cc1ccc(OCCNC(=O)Nc2cccc(-n3nc(C)cc3C)c2)cc1. The highest BCUT2D eigenvalue weighted by atomic mass is 16.5. The van der Waals surface area contributed by atoms with Gasteiger partial charge in [0.2, 0.25) is 0 Å². The van der Waals surface area contributed by atoms with Crippen LogP contribution in [0.4, 0.5) is 10.5 Å². The molecule has 6 nitrogen and oxygen atoms in total. The third kappa shape index (κ3) is 5.10. The van der Waals surface area contributed by atoms with Crippen LogP contribution >= 0.6 is 0 Å². The van der Waals surface area contributed by atoms with Crippen molar-refractivity contribution in [2.24, 2.45) is 0 Å². The van der Waals surface area contributed by atoms with Gasteiger partial charge in [-0.25, -0.2) is 9.48 Å². The fraction of sp³-hybridized carbons (Fsp3) is 0.238. The molecule has 6 heteroatoms. The zero-order chi connectivity index (χ0) is 19.2. The third-order valence-electron chi connectivity index (χ3n) is 4.04. The highest BCUT2D eigenvalue weighted by Crippen LogP contribution is 2.16. The molecule has 140 valence electrons. The highest BCUT2D eigenvalue weighted by molar-refractivity contribution is 5.89. The molecule has 2 N–H and O–H groups in total. The van der Waals surface area contributed by atoms with E-state index < -0.39 is 0 Å². The second kappa shape index (κ2) is 8.40. The fourth-order valence-corrected chi connectivity index (χ4v) is 2.75. The summed E-state index contributed by atoms with van der Waals surface area (Å²) in [5.41, 5.74) is 4.79. The van der Waals surface area contributed by atoms with E-state index in [2.05, 4.69) is 15.7 Å². The number of hydrogen-bond donors (Lipinski definition) is 2. The Labute approximate surface area is 159 Å². The molecular formula is C21H24N4O2. The number of rotatable bonds is 6. The average molecular weight is 364 g/mol. The third-order valence-corrected chi connectivity index (χ3v) is 4.04. The Morgan fingerprint density at radius 2 is 1.85 bits per heavy atom. The van der Waals surface area contributed by atoms with Crippen molar-refractivity contribution in [2.45, 2.75) is 20.8 Å². The topological polar surface area (TPSA) is 68.2 Å². The Bertz CT molecular complexity index is 916. The maximum absolute atomic E-state index is 12.1. The summed E-state index contributed by atoms with van der Waals surface area (Å²) in [6.45, 7) is 6.80. The van der Waals surface area contributed by atoms with E-state index in [4.69, 9.17) is 4.74 Å². The van der Waals surface area contributed by atoms with Crippen molar-refractivity contribution < 1.29 is 9.53 Å². The van der Waals surface area contributed by atoms with Gasteiger partial charge in [0.15, 0.2) is 0 Å². The molecule has 0 fully saturated rings. The van der Waals surface area contributed by atoms with Crippen molar-refractivity contribution in [3.05, 3.63) is 71.5 Å². The highest BCUT2D eigenvalue weighted by Gasteiger charge is 2.06. The summed E-state index contributed by atoms with van der Waals surface area (Å²) >= 11 is 0. The lowest BCUT2D eigenvalue weighted by molar-refractivity contribution is 0.247. The average Bonchev–Trinajstić information content (AvgIpc) is 2.99. The maximum Gasteiger partial charge on any atom is 0.319 e. The van der Waals surface area contributed by atoms with Crippen LogP contribution in [0, 0.1) is 20.8 Å². The number of nitrogens with zero attached hydrogens (tertiary/aromatic N) is 2. The predicted octanol–water partition coefficient (Wildman–Crippen LogP) is 4.00. The van der Waals surface area contributed by atoms with Crippen LogP contribution in [0.15, 0.2) is 54.6 Å². The van der Waals surface area contributed by atoms with Gasteiger partial charge in [-0.1, -0.05) is 23.8 Å². The van der Waals surface area contributed by atoms with Gasteiger partial charge in [0.05, 0.1) is 17.9 Å². The van der Waals surface area contributed by atoms with Crippen molar-refractivity contribution in [2.75, 3.05) is 18.5 Å². The van der Waals surface area contributed by atoms with Gasteiger partial charge in [-0.2, -0.15) is 5.10 Å². The zero-order valence-electron chi connectivity index (χ0n) is 15.8. The molecule has 0 radical (unpaired) electrons. The van der Waals surface area contributed by atoms with Gasteiger partial charge in [-0.3, -0.25) is 0 Å². The summed E-state index contributed by atoms with van der Waals surface area (Å²) < 4.78 is 7.45. The first kappa shape index (κ1) is 18.5. The van der Waals surface area contributed by atoms with E-state index >= 15 is 0 Å². The van der Waals surface area contributed by atoms with Gasteiger partial charge >= 0.3 is 6.03 Å². The molecular weight excluding hydrogens is 340 g/mol. The standard InChI is InChI=1S/C21H24N4O2/c1-15-7-9-20(10-8-15)27-12-11-22-21(26)23-18-5-4-6-19(14-18)25-17(3)13-16(2)24-25/h4-10,13-14H,11-12H2,1-3H3,(H2,22,23,26).